The fraction of sp³-hybridized carbons (Fsp3) is 0.333. The van der Waals surface area contributed by atoms with Gasteiger partial charge in [0.05, 0.1) is 0 Å². The van der Waals surface area contributed by atoms with Gasteiger partial charge in [0.15, 0.2) is 5.82 Å². The van der Waals surface area contributed by atoms with Crippen molar-refractivity contribution in [3.8, 4) is 11.4 Å². The zero-order valence-corrected chi connectivity index (χ0v) is 11.9. The number of hydrogen-bond donors (Lipinski definition) is 1. The van der Waals surface area contributed by atoms with Gasteiger partial charge in [0, 0.05) is 24.2 Å². The first-order valence-corrected chi connectivity index (χ1v) is 7.02. The summed E-state index contributed by atoms with van der Waals surface area (Å²) in [6.45, 7) is 0. The van der Waals surface area contributed by atoms with Crippen molar-refractivity contribution in [1.82, 2.24) is 20.2 Å². The average Bonchev–Trinajstić information content (AvgIpc) is 2.94. The second kappa shape index (κ2) is 5.87. The minimum atomic E-state index is 0.0650. The van der Waals surface area contributed by atoms with Gasteiger partial charge in [-0.25, -0.2) is 4.68 Å². The molecule has 1 heterocycles. The number of rotatable bonds is 3. The largest absolute Gasteiger partial charge is 0.326 e. The topological polar surface area (TPSA) is 72.7 Å². The van der Waals surface area contributed by atoms with E-state index in [4.69, 9.17) is 0 Å². The monoisotopic (exact) mass is 283 g/mol. The molecule has 3 rings (SSSR count). The molecule has 0 saturated heterocycles. The van der Waals surface area contributed by atoms with Crippen molar-refractivity contribution in [1.29, 1.82) is 0 Å². The fourth-order valence-corrected chi connectivity index (χ4v) is 2.49. The molecule has 0 aliphatic heterocycles. The van der Waals surface area contributed by atoms with E-state index in [-0.39, 0.29) is 11.8 Å². The van der Waals surface area contributed by atoms with Crippen LogP contribution >= 0.6 is 0 Å². The number of anilines is 1. The van der Waals surface area contributed by atoms with Gasteiger partial charge in [0.1, 0.15) is 0 Å². The Balaban J connectivity index is 1.76. The molecule has 1 atom stereocenters. The Morgan fingerprint density at radius 3 is 3.00 bits per heavy atom. The van der Waals surface area contributed by atoms with Crippen molar-refractivity contribution in [3.63, 3.8) is 0 Å². The van der Waals surface area contributed by atoms with E-state index in [1.165, 1.54) is 0 Å². The molecule has 0 fully saturated rings. The van der Waals surface area contributed by atoms with E-state index in [0.29, 0.717) is 5.82 Å². The molecule has 0 spiro atoms. The van der Waals surface area contributed by atoms with E-state index < -0.39 is 0 Å². The number of hydrogen-bond acceptors (Lipinski definition) is 4. The number of nitrogens with zero attached hydrogens (tertiary/aromatic N) is 4. The molecule has 1 aromatic carbocycles. The Hall–Kier alpha value is -2.50. The molecule has 0 saturated carbocycles. The number of nitrogens with one attached hydrogen (secondary N) is 1. The molecule has 6 nitrogen and oxygen atoms in total. The maximum Gasteiger partial charge on any atom is 0.227 e. The maximum atomic E-state index is 12.2. The number of aromatic nitrogens is 4. The molecule has 1 N–H and O–H groups in total. The number of aryl methyl sites for hydroxylation is 1. The summed E-state index contributed by atoms with van der Waals surface area (Å²) < 4.78 is 1.60. The van der Waals surface area contributed by atoms with Crippen molar-refractivity contribution in [2.24, 2.45) is 13.0 Å². The van der Waals surface area contributed by atoms with Crippen LogP contribution in [0.5, 0.6) is 0 Å². The fourth-order valence-electron chi connectivity index (χ4n) is 2.49. The first-order valence-electron chi connectivity index (χ1n) is 7.02. The Morgan fingerprint density at radius 2 is 2.29 bits per heavy atom. The van der Waals surface area contributed by atoms with Crippen molar-refractivity contribution in [2.75, 3.05) is 5.32 Å². The highest BCUT2D eigenvalue weighted by Gasteiger charge is 2.18. The summed E-state index contributed by atoms with van der Waals surface area (Å²) in [7, 11) is 1.79. The van der Waals surface area contributed by atoms with Crippen molar-refractivity contribution in [3.05, 3.63) is 36.4 Å². The second-order valence-corrected chi connectivity index (χ2v) is 5.18. The first kappa shape index (κ1) is 13.5. The van der Waals surface area contributed by atoms with E-state index >= 15 is 0 Å². The molecule has 0 radical (unpaired) electrons. The molecule has 1 aliphatic rings. The highest BCUT2D eigenvalue weighted by Crippen LogP contribution is 2.23. The van der Waals surface area contributed by atoms with Crippen LogP contribution in [-0.4, -0.2) is 26.1 Å². The predicted octanol–water partition coefficient (Wildman–Crippen LogP) is 2.17. The van der Waals surface area contributed by atoms with E-state index in [9.17, 15) is 4.79 Å². The Kier molecular flexibility index (Phi) is 3.77. The number of allylic oxidation sites excluding steroid dienone is 2. The van der Waals surface area contributed by atoms with Gasteiger partial charge in [-0.1, -0.05) is 24.3 Å². The lowest BCUT2D eigenvalue weighted by molar-refractivity contribution is -0.120. The standard InChI is InChI=1S/C15H17N5O/c1-20-14(17-18-19-20)12-8-5-9-13(10-12)16-15(21)11-6-3-2-4-7-11/h2-3,5,8-11H,4,6-7H2,1H3,(H,16,21). The van der Waals surface area contributed by atoms with Crippen molar-refractivity contribution < 1.29 is 4.79 Å². The second-order valence-electron chi connectivity index (χ2n) is 5.18. The van der Waals surface area contributed by atoms with Crippen LogP contribution < -0.4 is 5.32 Å². The van der Waals surface area contributed by atoms with Crippen LogP contribution in [-0.2, 0) is 11.8 Å². The summed E-state index contributed by atoms with van der Waals surface area (Å²) in [6, 6.07) is 7.58. The summed E-state index contributed by atoms with van der Waals surface area (Å²) in [6.07, 6.45) is 6.91. The molecule has 1 amide bonds. The third kappa shape index (κ3) is 2.99. The van der Waals surface area contributed by atoms with Gasteiger partial charge in [-0.3, -0.25) is 4.79 Å². The van der Waals surface area contributed by atoms with Crippen LogP contribution in [0.3, 0.4) is 0 Å². The van der Waals surface area contributed by atoms with Gasteiger partial charge in [-0.05, 0) is 41.8 Å². The quantitative estimate of drug-likeness (QED) is 0.876. The number of amides is 1. The summed E-state index contributed by atoms with van der Waals surface area (Å²) in [4.78, 5) is 12.2. The zero-order valence-electron chi connectivity index (χ0n) is 11.9. The van der Waals surface area contributed by atoms with Crippen molar-refractivity contribution in [2.45, 2.75) is 19.3 Å². The van der Waals surface area contributed by atoms with Crippen molar-refractivity contribution >= 4 is 11.6 Å². The smallest absolute Gasteiger partial charge is 0.227 e. The van der Waals surface area contributed by atoms with Gasteiger partial charge < -0.3 is 5.32 Å². The Labute approximate surface area is 122 Å². The number of carbonyl (C=O) groups excluding carboxylic acids is 1. The van der Waals surface area contributed by atoms with Crippen LogP contribution in [0.25, 0.3) is 11.4 Å². The summed E-state index contributed by atoms with van der Waals surface area (Å²) in [5.41, 5.74) is 1.65. The summed E-state index contributed by atoms with van der Waals surface area (Å²) in [5, 5.41) is 14.4. The van der Waals surface area contributed by atoms with Gasteiger partial charge in [0.2, 0.25) is 5.91 Å². The molecular weight excluding hydrogens is 266 g/mol. The van der Waals surface area contributed by atoms with E-state index in [2.05, 4.69) is 33.0 Å². The number of carbonyl (C=O) groups is 1. The van der Waals surface area contributed by atoms with Crippen LogP contribution in [0.1, 0.15) is 19.3 Å². The zero-order chi connectivity index (χ0) is 14.7. The average molecular weight is 283 g/mol. The maximum absolute atomic E-state index is 12.2. The first-order chi connectivity index (χ1) is 10.2. The lowest BCUT2D eigenvalue weighted by Crippen LogP contribution is -2.23. The molecular formula is C15H17N5O. The van der Waals surface area contributed by atoms with Gasteiger partial charge >= 0.3 is 0 Å². The Morgan fingerprint density at radius 1 is 1.38 bits per heavy atom. The molecule has 1 aromatic heterocycles. The highest BCUT2D eigenvalue weighted by molar-refractivity contribution is 5.93. The highest BCUT2D eigenvalue weighted by atomic mass is 16.1. The van der Waals surface area contributed by atoms with E-state index in [1.807, 2.05) is 24.3 Å². The molecule has 2 aromatic rings. The molecule has 0 bridgehead atoms. The third-order valence-electron chi connectivity index (χ3n) is 3.65. The SMILES string of the molecule is Cn1nnnc1-c1cccc(NC(=O)C2CC=CCC2)c1. The van der Waals surface area contributed by atoms with Gasteiger partial charge in [-0.2, -0.15) is 0 Å². The minimum absolute atomic E-state index is 0.0650. The van der Waals surface area contributed by atoms with E-state index in [1.54, 1.807) is 11.7 Å². The summed E-state index contributed by atoms with van der Waals surface area (Å²) in [5.74, 6) is 0.814. The third-order valence-corrected chi connectivity index (χ3v) is 3.65. The van der Waals surface area contributed by atoms with Gasteiger partial charge in [-0.15, -0.1) is 5.10 Å². The van der Waals surface area contributed by atoms with Gasteiger partial charge in [0.25, 0.3) is 0 Å². The lowest BCUT2D eigenvalue weighted by Gasteiger charge is -2.17. The Bertz CT molecular complexity index is 676. The molecule has 108 valence electrons. The number of benzene rings is 1. The predicted molar refractivity (Wildman–Crippen MR) is 79.3 cm³/mol. The molecule has 1 aliphatic carbocycles. The van der Waals surface area contributed by atoms with Crippen LogP contribution in [0.2, 0.25) is 0 Å². The number of tetrazole rings is 1. The van der Waals surface area contributed by atoms with E-state index in [0.717, 1.165) is 30.5 Å². The summed E-state index contributed by atoms with van der Waals surface area (Å²) >= 11 is 0. The normalized spacial score (nSPS) is 17.7. The van der Waals surface area contributed by atoms with Crippen LogP contribution in [0.4, 0.5) is 5.69 Å². The molecule has 6 heteroatoms. The van der Waals surface area contributed by atoms with Crippen LogP contribution in [0, 0.1) is 5.92 Å². The minimum Gasteiger partial charge on any atom is -0.326 e. The lowest BCUT2D eigenvalue weighted by atomic mass is 9.93. The molecule has 1 unspecified atom stereocenters. The van der Waals surface area contributed by atoms with Crippen LogP contribution in [0.15, 0.2) is 36.4 Å². The molecule has 21 heavy (non-hydrogen) atoms.